The lowest BCUT2D eigenvalue weighted by Crippen LogP contribution is -2.15. The Morgan fingerprint density at radius 1 is 1.29 bits per heavy atom. The smallest absolute Gasteiger partial charge is 0.248 e. The Hall–Kier alpha value is -2.67. The molecule has 0 saturated carbocycles. The molecule has 3 rings (SSSR count). The first-order valence-corrected chi connectivity index (χ1v) is 7.81. The molecule has 1 aromatic carbocycles. The lowest BCUT2D eigenvalue weighted by molar-refractivity contribution is -0.115. The highest BCUT2D eigenvalue weighted by atomic mass is 35.5. The van der Waals surface area contributed by atoms with Gasteiger partial charge >= 0.3 is 0 Å². The zero-order valence-electron chi connectivity index (χ0n) is 13.2. The van der Waals surface area contributed by atoms with Crippen molar-refractivity contribution in [2.24, 2.45) is 0 Å². The highest BCUT2D eigenvalue weighted by molar-refractivity contribution is 6.30. The van der Waals surface area contributed by atoms with Gasteiger partial charge in [0.1, 0.15) is 12.1 Å². The first-order valence-electron chi connectivity index (χ1n) is 7.44. The molecule has 0 atom stereocenters. The summed E-state index contributed by atoms with van der Waals surface area (Å²) in [6, 6.07) is 7.12. The summed E-state index contributed by atoms with van der Waals surface area (Å²) in [5, 5.41) is 10.0. The van der Waals surface area contributed by atoms with Crippen LogP contribution in [0, 0.1) is 0 Å². The average Bonchev–Trinajstić information content (AvgIpc) is 3.17. The second-order valence-electron chi connectivity index (χ2n) is 5.57. The van der Waals surface area contributed by atoms with E-state index in [0.717, 1.165) is 11.4 Å². The fraction of sp³-hybridized carbons (Fsp3) is 0.250. The third-order valence-electron chi connectivity index (χ3n) is 3.29. The molecule has 1 amide bonds. The van der Waals surface area contributed by atoms with Crippen molar-refractivity contribution in [3.63, 3.8) is 0 Å². The monoisotopic (exact) mass is 345 g/mol. The van der Waals surface area contributed by atoms with E-state index in [4.69, 9.17) is 16.0 Å². The van der Waals surface area contributed by atoms with E-state index in [0.29, 0.717) is 16.6 Å². The Balaban J connectivity index is 1.63. The number of oxazole rings is 1. The number of halogens is 1. The number of hydrogen-bond donors (Lipinski definition) is 2. The Labute approximate surface area is 143 Å². The van der Waals surface area contributed by atoms with E-state index < -0.39 is 0 Å². The molecule has 0 spiro atoms. The number of nitrogens with zero attached hydrogens (tertiary/aromatic N) is 3. The Bertz CT molecular complexity index is 838. The van der Waals surface area contributed by atoms with Crippen LogP contribution in [0.25, 0.3) is 11.5 Å². The molecule has 124 valence electrons. The number of H-pyrrole nitrogens is 1. The highest BCUT2D eigenvalue weighted by Gasteiger charge is 2.13. The highest BCUT2D eigenvalue weighted by Crippen LogP contribution is 2.21. The van der Waals surface area contributed by atoms with Gasteiger partial charge in [-0.2, -0.15) is 4.98 Å². The summed E-state index contributed by atoms with van der Waals surface area (Å²) in [6.45, 7) is 3.97. The van der Waals surface area contributed by atoms with Crippen molar-refractivity contribution < 1.29 is 9.21 Å². The molecule has 0 aliphatic heterocycles. The zero-order valence-corrected chi connectivity index (χ0v) is 14.0. The summed E-state index contributed by atoms with van der Waals surface area (Å²) in [5.74, 6) is 1.36. The summed E-state index contributed by atoms with van der Waals surface area (Å²) in [7, 11) is 0. The van der Waals surface area contributed by atoms with Crippen LogP contribution in [0.3, 0.4) is 0 Å². The Kier molecular flexibility index (Phi) is 4.61. The molecule has 0 aliphatic carbocycles. The number of aromatic amines is 1. The van der Waals surface area contributed by atoms with Gasteiger partial charge in [0.05, 0.1) is 12.1 Å². The largest absolute Gasteiger partial charge is 0.444 e. The maximum Gasteiger partial charge on any atom is 0.248 e. The van der Waals surface area contributed by atoms with Crippen LogP contribution in [0.4, 0.5) is 5.95 Å². The van der Waals surface area contributed by atoms with Crippen LogP contribution >= 0.6 is 11.6 Å². The number of carbonyl (C=O) groups is 1. The summed E-state index contributed by atoms with van der Waals surface area (Å²) in [5.41, 5.74) is 1.32. The van der Waals surface area contributed by atoms with Crippen molar-refractivity contribution in [3.05, 3.63) is 47.1 Å². The molecule has 0 saturated heterocycles. The second kappa shape index (κ2) is 6.84. The van der Waals surface area contributed by atoms with Gasteiger partial charge in [0, 0.05) is 16.5 Å². The van der Waals surface area contributed by atoms with Gasteiger partial charge in [-0.3, -0.25) is 15.2 Å². The summed E-state index contributed by atoms with van der Waals surface area (Å²) in [6.07, 6.45) is 1.53. The van der Waals surface area contributed by atoms with Gasteiger partial charge in [0.15, 0.2) is 0 Å². The summed E-state index contributed by atoms with van der Waals surface area (Å²) in [4.78, 5) is 20.6. The minimum absolute atomic E-state index is 0.0721. The van der Waals surface area contributed by atoms with E-state index in [2.05, 4.69) is 25.5 Å². The fourth-order valence-corrected chi connectivity index (χ4v) is 2.16. The van der Waals surface area contributed by atoms with E-state index in [-0.39, 0.29) is 24.2 Å². The number of anilines is 1. The fourth-order valence-electron chi connectivity index (χ4n) is 2.04. The molecule has 2 N–H and O–H groups in total. The average molecular weight is 346 g/mol. The van der Waals surface area contributed by atoms with Crippen LogP contribution in [-0.4, -0.2) is 26.1 Å². The van der Waals surface area contributed by atoms with Gasteiger partial charge in [-0.1, -0.05) is 25.4 Å². The van der Waals surface area contributed by atoms with Gasteiger partial charge in [0.2, 0.25) is 17.7 Å². The number of aromatic nitrogens is 4. The van der Waals surface area contributed by atoms with Crippen LogP contribution < -0.4 is 5.32 Å². The molecule has 0 radical (unpaired) electrons. The molecule has 0 bridgehead atoms. The molecule has 2 heterocycles. The van der Waals surface area contributed by atoms with Crippen molar-refractivity contribution >= 4 is 23.5 Å². The van der Waals surface area contributed by atoms with E-state index in [1.807, 2.05) is 13.8 Å². The number of carbonyl (C=O) groups excluding carboxylic acids is 1. The molecule has 0 unspecified atom stereocenters. The van der Waals surface area contributed by atoms with Crippen LogP contribution in [-0.2, 0) is 11.2 Å². The zero-order chi connectivity index (χ0) is 17.1. The summed E-state index contributed by atoms with van der Waals surface area (Å²) < 4.78 is 5.41. The van der Waals surface area contributed by atoms with Gasteiger partial charge in [-0.25, -0.2) is 4.98 Å². The standard InChI is InChI=1S/C16H16ClN5O2/c1-9(2)14-20-16(22-21-14)19-13(23)7-12-8-24-15(18-12)10-3-5-11(17)6-4-10/h3-6,8-9H,7H2,1-2H3,(H2,19,20,21,22,23). The van der Waals surface area contributed by atoms with Gasteiger partial charge in [-0.05, 0) is 24.3 Å². The second-order valence-corrected chi connectivity index (χ2v) is 6.01. The third kappa shape index (κ3) is 3.80. The first kappa shape index (κ1) is 16.2. The number of rotatable bonds is 5. The van der Waals surface area contributed by atoms with Crippen LogP contribution in [0.2, 0.25) is 5.02 Å². The molecule has 0 aliphatic rings. The normalized spacial score (nSPS) is 11.0. The topological polar surface area (TPSA) is 96.7 Å². The quantitative estimate of drug-likeness (QED) is 0.738. The van der Waals surface area contributed by atoms with Crippen molar-refractivity contribution in [2.75, 3.05) is 5.32 Å². The van der Waals surface area contributed by atoms with Crippen molar-refractivity contribution in [2.45, 2.75) is 26.2 Å². The van der Waals surface area contributed by atoms with Crippen LogP contribution in [0.1, 0.15) is 31.3 Å². The lowest BCUT2D eigenvalue weighted by Gasteiger charge is -1.98. The molecule has 2 aromatic heterocycles. The van der Waals surface area contributed by atoms with Crippen LogP contribution in [0.15, 0.2) is 34.9 Å². The predicted octanol–water partition coefficient (Wildman–Crippen LogP) is 3.42. The molecule has 0 fully saturated rings. The third-order valence-corrected chi connectivity index (χ3v) is 3.54. The number of hydrogen-bond acceptors (Lipinski definition) is 5. The SMILES string of the molecule is CC(C)c1nc(NC(=O)Cc2coc(-c3ccc(Cl)cc3)n2)n[nH]1. The maximum absolute atomic E-state index is 12.0. The van der Waals surface area contributed by atoms with Gasteiger partial charge < -0.3 is 4.42 Å². The Morgan fingerprint density at radius 3 is 2.71 bits per heavy atom. The minimum atomic E-state index is -0.264. The van der Waals surface area contributed by atoms with E-state index in [9.17, 15) is 4.79 Å². The van der Waals surface area contributed by atoms with Crippen molar-refractivity contribution in [3.8, 4) is 11.5 Å². The number of benzene rings is 1. The first-order chi connectivity index (χ1) is 11.5. The Morgan fingerprint density at radius 2 is 2.04 bits per heavy atom. The molecule has 3 aromatic rings. The number of nitrogens with one attached hydrogen (secondary N) is 2. The molecular weight excluding hydrogens is 330 g/mol. The minimum Gasteiger partial charge on any atom is -0.444 e. The summed E-state index contributed by atoms with van der Waals surface area (Å²) >= 11 is 5.85. The van der Waals surface area contributed by atoms with Gasteiger partial charge in [0.25, 0.3) is 0 Å². The molecule has 24 heavy (non-hydrogen) atoms. The van der Waals surface area contributed by atoms with Crippen molar-refractivity contribution in [1.29, 1.82) is 0 Å². The van der Waals surface area contributed by atoms with E-state index >= 15 is 0 Å². The molecular formula is C16H16ClN5O2. The van der Waals surface area contributed by atoms with Gasteiger partial charge in [-0.15, -0.1) is 5.10 Å². The maximum atomic E-state index is 12.0. The molecule has 8 heteroatoms. The predicted molar refractivity (Wildman–Crippen MR) is 89.8 cm³/mol. The van der Waals surface area contributed by atoms with Crippen molar-refractivity contribution in [1.82, 2.24) is 20.2 Å². The molecule has 7 nitrogen and oxygen atoms in total. The van der Waals surface area contributed by atoms with E-state index in [1.165, 1.54) is 6.26 Å². The van der Waals surface area contributed by atoms with E-state index in [1.54, 1.807) is 24.3 Å². The van der Waals surface area contributed by atoms with Crippen LogP contribution in [0.5, 0.6) is 0 Å². The number of amides is 1. The lowest BCUT2D eigenvalue weighted by atomic mass is 10.2.